The zero-order valence-corrected chi connectivity index (χ0v) is 19.7. The van der Waals surface area contributed by atoms with Crippen molar-refractivity contribution in [3.05, 3.63) is 77.9 Å². The van der Waals surface area contributed by atoms with E-state index >= 15 is 0 Å². The van der Waals surface area contributed by atoms with Gasteiger partial charge in [0.25, 0.3) is 5.91 Å². The van der Waals surface area contributed by atoms with Gasteiger partial charge in [0.1, 0.15) is 5.69 Å². The molecule has 1 fully saturated rings. The third-order valence-electron chi connectivity index (χ3n) is 6.21. The minimum Gasteiger partial charge on any atom is -0.341 e. The summed E-state index contributed by atoms with van der Waals surface area (Å²) in [6, 6.07) is 16.8. The first-order chi connectivity index (χ1) is 15.9. The highest BCUT2D eigenvalue weighted by Gasteiger charge is 2.33. The Morgan fingerprint density at radius 1 is 1.09 bits per heavy atom. The van der Waals surface area contributed by atoms with E-state index in [0.717, 1.165) is 17.5 Å². The number of carbonyl (C=O) groups is 2. The van der Waals surface area contributed by atoms with Gasteiger partial charge in [-0.05, 0) is 36.5 Å². The molecule has 6 nitrogen and oxygen atoms in total. The Morgan fingerprint density at radius 3 is 2.55 bits per heavy atom. The highest BCUT2D eigenvalue weighted by molar-refractivity contribution is 5.93. The van der Waals surface area contributed by atoms with E-state index < -0.39 is 0 Å². The molecule has 0 aliphatic carbocycles. The van der Waals surface area contributed by atoms with E-state index in [1.165, 1.54) is 11.1 Å². The van der Waals surface area contributed by atoms with Crippen LogP contribution in [-0.2, 0) is 18.3 Å². The molecule has 33 heavy (non-hydrogen) atoms. The van der Waals surface area contributed by atoms with Gasteiger partial charge >= 0.3 is 0 Å². The van der Waals surface area contributed by atoms with Crippen LogP contribution < -0.4 is 0 Å². The standard InChI is InChI=1S/C27H32N4O2/c1-4-11-30-12-13-31(27(33)25-18-29(3)19-28-25)17-24(26(30)32)16-21-8-6-10-23(15-21)22-9-5-7-20(2)14-22/h5-10,14-15,18-19,24H,4,11-13,16-17H2,1-3H3/t24-/m1/s1. The maximum atomic E-state index is 13.4. The molecule has 0 spiro atoms. The van der Waals surface area contributed by atoms with Crippen LogP contribution in [0.1, 0.15) is 35.0 Å². The Hall–Kier alpha value is -3.41. The van der Waals surface area contributed by atoms with Crippen molar-refractivity contribution in [2.45, 2.75) is 26.7 Å². The summed E-state index contributed by atoms with van der Waals surface area (Å²) >= 11 is 0. The van der Waals surface area contributed by atoms with Crippen molar-refractivity contribution in [2.75, 3.05) is 26.2 Å². The molecule has 1 aromatic heterocycles. The number of aryl methyl sites for hydroxylation is 2. The Bertz CT molecular complexity index is 1140. The lowest BCUT2D eigenvalue weighted by molar-refractivity contribution is -0.134. The van der Waals surface area contributed by atoms with E-state index in [4.69, 9.17) is 0 Å². The van der Waals surface area contributed by atoms with Gasteiger partial charge in [0.2, 0.25) is 5.91 Å². The first kappa shape index (κ1) is 22.8. The number of nitrogens with zero attached hydrogens (tertiary/aromatic N) is 4. The fourth-order valence-electron chi connectivity index (χ4n) is 4.55. The highest BCUT2D eigenvalue weighted by Crippen LogP contribution is 2.24. The molecule has 4 rings (SSSR count). The highest BCUT2D eigenvalue weighted by atomic mass is 16.2. The number of imidazole rings is 1. The number of benzene rings is 2. The number of carbonyl (C=O) groups excluding carboxylic acids is 2. The lowest BCUT2D eigenvalue weighted by Crippen LogP contribution is -2.38. The molecule has 2 amide bonds. The third-order valence-corrected chi connectivity index (χ3v) is 6.21. The summed E-state index contributed by atoms with van der Waals surface area (Å²) in [7, 11) is 1.85. The molecular formula is C27H32N4O2. The van der Waals surface area contributed by atoms with Crippen LogP contribution in [0.3, 0.4) is 0 Å². The summed E-state index contributed by atoms with van der Waals surface area (Å²) in [6.07, 6.45) is 4.87. The van der Waals surface area contributed by atoms with Gasteiger partial charge in [0.15, 0.2) is 0 Å². The maximum Gasteiger partial charge on any atom is 0.274 e. The second-order valence-electron chi connectivity index (χ2n) is 8.97. The van der Waals surface area contributed by atoms with Crippen LogP contribution in [0, 0.1) is 12.8 Å². The number of rotatable bonds is 6. The fourth-order valence-corrected chi connectivity index (χ4v) is 4.55. The van der Waals surface area contributed by atoms with Crippen LogP contribution in [0.5, 0.6) is 0 Å². The number of amides is 2. The van der Waals surface area contributed by atoms with Gasteiger partial charge in [0.05, 0.1) is 12.2 Å². The van der Waals surface area contributed by atoms with Crippen LogP contribution in [0.4, 0.5) is 0 Å². The quantitative estimate of drug-likeness (QED) is 0.579. The molecule has 0 radical (unpaired) electrons. The second-order valence-corrected chi connectivity index (χ2v) is 8.97. The zero-order chi connectivity index (χ0) is 23.4. The van der Waals surface area contributed by atoms with Crippen molar-refractivity contribution in [3.8, 4) is 11.1 Å². The largest absolute Gasteiger partial charge is 0.341 e. The molecule has 1 saturated heterocycles. The number of aromatic nitrogens is 2. The smallest absolute Gasteiger partial charge is 0.274 e. The fraction of sp³-hybridized carbons (Fsp3) is 0.370. The molecule has 3 aromatic rings. The van der Waals surface area contributed by atoms with E-state index in [1.54, 1.807) is 22.0 Å². The van der Waals surface area contributed by atoms with E-state index in [0.29, 0.717) is 38.3 Å². The van der Waals surface area contributed by atoms with Crippen LogP contribution in [0.25, 0.3) is 11.1 Å². The predicted molar refractivity (Wildman–Crippen MR) is 130 cm³/mol. The summed E-state index contributed by atoms with van der Waals surface area (Å²) in [5, 5.41) is 0. The molecule has 1 aliphatic heterocycles. The monoisotopic (exact) mass is 444 g/mol. The van der Waals surface area contributed by atoms with Gasteiger partial charge in [-0.3, -0.25) is 9.59 Å². The molecule has 2 aromatic carbocycles. The molecule has 1 atom stereocenters. The van der Waals surface area contributed by atoms with Crippen molar-refractivity contribution in [1.29, 1.82) is 0 Å². The summed E-state index contributed by atoms with van der Waals surface area (Å²) in [5.41, 5.74) is 5.06. The zero-order valence-electron chi connectivity index (χ0n) is 19.7. The van der Waals surface area contributed by atoms with Gasteiger partial charge in [0, 0.05) is 39.4 Å². The van der Waals surface area contributed by atoms with E-state index in [1.807, 2.05) is 11.9 Å². The first-order valence-corrected chi connectivity index (χ1v) is 11.7. The number of hydrogen-bond donors (Lipinski definition) is 0. The lowest BCUT2D eigenvalue weighted by atomic mass is 9.94. The SMILES string of the molecule is CCCN1CCN(C(=O)c2cn(C)cn2)C[C@@H](Cc2cccc(-c3cccc(C)c3)c2)C1=O. The van der Waals surface area contributed by atoms with E-state index in [9.17, 15) is 9.59 Å². The van der Waals surface area contributed by atoms with Crippen molar-refractivity contribution in [3.63, 3.8) is 0 Å². The Labute approximate surface area is 195 Å². The van der Waals surface area contributed by atoms with Crippen molar-refractivity contribution >= 4 is 11.8 Å². The Morgan fingerprint density at radius 2 is 1.85 bits per heavy atom. The molecule has 6 heteroatoms. The summed E-state index contributed by atoms with van der Waals surface area (Å²) in [6.45, 7) is 6.38. The van der Waals surface area contributed by atoms with Gasteiger partial charge < -0.3 is 14.4 Å². The molecule has 0 bridgehead atoms. The van der Waals surface area contributed by atoms with Crippen LogP contribution in [0.2, 0.25) is 0 Å². The molecule has 0 N–H and O–H groups in total. The summed E-state index contributed by atoms with van der Waals surface area (Å²) < 4.78 is 1.77. The maximum absolute atomic E-state index is 13.4. The second kappa shape index (κ2) is 10.0. The lowest BCUT2D eigenvalue weighted by Gasteiger charge is -2.24. The van der Waals surface area contributed by atoms with Gasteiger partial charge in [-0.25, -0.2) is 4.98 Å². The summed E-state index contributed by atoms with van der Waals surface area (Å²) in [5.74, 6) is -0.256. The van der Waals surface area contributed by atoms with Crippen LogP contribution >= 0.6 is 0 Å². The van der Waals surface area contributed by atoms with Gasteiger partial charge in [-0.2, -0.15) is 0 Å². The molecule has 2 heterocycles. The molecule has 1 aliphatic rings. The normalized spacial score (nSPS) is 16.7. The summed E-state index contributed by atoms with van der Waals surface area (Å²) in [4.78, 5) is 34.5. The number of hydrogen-bond acceptors (Lipinski definition) is 3. The van der Waals surface area contributed by atoms with Crippen molar-refractivity contribution in [2.24, 2.45) is 13.0 Å². The van der Waals surface area contributed by atoms with Crippen LogP contribution in [0.15, 0.2) is 61.1 Å². The molecule has 0 saturated carbocycles. The average molecular weight is 445 g/mol. The Balaban J connectivity index is 1.58. The molecule has 172 valence electrons. The first-order valence-electron chi connectivity index (χ1n) is 11.7. The Kier molecular flexibility index (Phi) is 6.92. The molecular weight excluding hydrogens is 412 g/mol. The van der Waals surface area contributed by atoms with E-state index in [-0.39, 0.29) is 17.7 Å². The minimum atomic E-state index is -0.278. The topological polar surface area (TPSA) is 58.4 Å². The van der Waals surface area contributed by atoms with Crippen molar-refractivity contribution in [1.82, 2.24) is 19.4 Å². The molecule has 0 unspecified atom stereocenters. The van der Waals surface area contributed by atoms with E-state index in [2.05, 4.69) is 67.4 Å². The van der Waals surface area contributed by atoms with Gasteiger partial charge in [-0.15, -0.1) is 0 Å². The average Bonchev–Trinajstić information content (AvgIpc) is 3.19. The van der Waals surface area contributed by atoms with Crippen LogP contribution in [-0.4, -0.2) is 57.3 Å². The minimum absolute atomic E-state index is 0.111. The third kappa shape index (κ3) is 5.33. The predicted octanol–water partition coefficient (Wildman–Crippen LogP) is 3.95. The van der Waals surface area contributed by atoms with Gasteiger partial charge in [-0.1, -0.05) is 61.0 Å². The van der Waals surface area contributed by atoms with Crippen molar-refractivity contribution < 1.29 is 9.59 Å².